The van der Waals surface area contributed by atoms with Gasteiger partial charge in [-0.1, -0.05) is 29.8 Å². The van der Waals surface area contributed by atoms with Crippen LogP contribution < -0.4 is 20.1 Å². The number of likely N-dealkylation sites (tertiary alicyclic amines) is 1. The zero-order valence-corrected chi connectivity index (χ0v) is 19.3. The molecule has 2 N–H and O–H groups in total. The molecule has 3 heterocycles. The number of piperidine rings is 1. The molecule has 9 heteroatoms. The SMILES string of the molecule is Cc1ccc([C@]2(C)NC(=O)N(CN3CCC(C(=O)Nc4ccc5c(c4)OCO5)CC3)C2=O)cc1. The number of hydrogen-bond donors (Lipinski definition) is 2. The summed E-state index contributed by atoms with van der Waals surface area (Å²) >= 11 is 0. The number of carbonyl (C=O) groups excluding carboxylic acids is 3. The van der Waals surface area contributed by atoms with Gasteiger partial charge in [0.05, 0.1) is 6.67 Å². The summed E-state index contributed by atoms with van der Waals surface area (Å²) < 4.78 is 10.7. The van der Waals surface area contributed by atoms with Crippen molar-refractivity contribution in [3.63, 3.8) is 0 Å². The van der Waals surface area contributed by atoms with E-state index >= 15 is 0 Å². The molecular formula is C25H28N4O5. The first-order valence-electron chi connectivity index (χ1n) is 11.5. The number of nitrogens with zero attached hydrogens (tertiary/aromatic N) is 2. The Balaban J connectivity index is 1.16. The standard InChI is InChI=1S/C25H28N4O5/c1-16-3-5-18(6-4-16)25(2)23(31)29(24(32)27-25)14-28-11-9-17(10-12-28)22(30)26-19-7-8-20-21(13-19)34-15-33-20/h3-8,13,17H,9-12,14-15H2,1-2H3,(H,26,30)(H,27,32)/t25-/m0/s1. The number of hydrogen-bond acceptors (Lipinski definition) is 6. The minimum Gasteiger partial charge on any atom is -0.454 e. The Hall–Kier alpha value is -3.59. The lowest BCUT2D eigenvalue weighted by molar-refractivity contribution is -0.133. The molecule has 178 valence electrons. The van der Waals surface area contributed by atoms with E-state index in [9.17, 15) is 14.4 Å². The van der Waals surface area contributed by atoms with Crippen molar-refractivity contribution in [2.75, 3.05) is 31.9 Å². The van der Waals surface area contributed by atoms with E-state index in [2.05, 4.69) is 10.6 Å². The maximum absolute atomic E-state index is 13.2. The molecular weight excluding hydrogens is 436 g/mol. The van der Waals surface area contributed by atoms with Crippen molar-refractivity contribution >= 4 is 23.5 Å². The lowest BCUT2D eigenvalue weighted by Gasteiger charge is -2.33. The van der Waals surface area contributed by atoms with E-state index in [-0.39, 0.29) is 31.2 Å². The van der Waals surface area contributed by atoms with Gasteiger partial charge in [-0.25, -0.2) is 9.69 Å². The van der Waals surface area contributed by atoms with Gasteiger partial charge in [-0.05, 0) is 44.4 Å². The second-order valence-corrected chi connectivity index (χ2v) is 9.25. The van der Waals surface area contributed by atoms with E-state index in [1.165, 1.54) is 4.90 Å². The fourth-order valence-electron chi connectivity index (χ4n) is 4.66. The molecule has 1 atom stereocenters. The third-order valence-corrected chi connectivity index (χ3v) is 6.84. The molecule has 2 aromatic carbocycles. The van der Waals surface area contributed by atoms with Gasteiger partial charge in [0.25, 0.3) is 5.91 Å². The molecule has 0 bridgehead atoms. The third kappa shape index (κ3) is 4.07. The largest absolute Gasteiger partial charge is 0.454 e. The second-order valence-electron chi connectivity index (χ2n) is 9.25. The highest BCUT2D eigenvalue weighted by Crippen LogP contribution is 2.35. The molecule has 4 amide bonds. The molecule has 0 radical (unpaired) electrons. The molecule has 2 saturated heterocycles. The predicted molar refractivity (Wildman–Crippen MR) is 124 cm³/mol. The fourth-order valence-corrected chi connectivity index (χ4v) is 4.66. The summed E-state index contributed by atoms with van der Waals surface area (Å²) in [6.07, 6.45) is 1.30. The van der Waals surface area contributed by atoms with Crippen LogP contribution >= 0.6 is 0 Å². The first kappa shape index (κ1) is 22.2. The maximum Gasteiger partial charge on any atom is 0.326 e. The van der Waals surface area contributed by atoms with Crippen molar-refractivity contribution in [3.8, 4) is 11.5 Å². The van der Waals surface area contributed by atoms with Gasteiger partial charge in [0, 0.05) is 30.8 Å². The minimum atomic E-state index is -1.08. The van der Waals surface area contributed by atoms with Crippen LogP contribution in [0, 0.1) is 12.8 Å². The number of fused-ring (bicyclic) bond motifs is 1. The highest BCUT2D eigenvalue weighted by molar-refractivity contribution is 6.07. The summed E-state index contributed by atoms with van der Waals surface area (Å²) in [7, 11) is 0. The Morgan fingerprint density at radius 2 is 1.79 bits per heavy atom. The van der Waals surface area contributed by atoms with Gasteiger partial charge in [-0.2, -0.15) is 0 Å². The molecule has 0 aromatic heterocycles. The first-order valence-corrected chi connectivity index (χ1v) is 11.5. The van der Waals surface area contributed by atoms with Gasteiger partial charge in [-0.15, -0.1) is 0 Å². The number of imide groups is 1. The highest BCUT2D eigenvalue weighted by atomic mass is 16.7. The molecule has 34 heavy (non-hydrogen) atoms. The Labute approximate surface area is 198 Å². The number of nitrogens with one attached hydrogen (secondary N) is 2. The van der Waals surface area contributed by atoms with Crippen LogP contribution in [0.25, 0.3) is 0 Å². The minimum absolute atomic E-state index is 0.0412. The Morgan fingerprint density at radius 1 is 1.09 bits per heavy atom. The monoisotopic (exact) mass is 464 g/mol. The van der Waals surface area contributed by atoms with Crippen LogP contribution in [0.3, 0.4) is 0 Å². The summed E-state index contributed by atoms with van der Waals surface area (Å²) in [5.41, 5.74) is 1.45. The number of amides is 4. The van der Waals surface area contributed by atoms with Gasteiger partial charge in [0.2, 0.25) is 12.7 Å². The lowest BCUT2D eigenvalue weighted by atomic mass is 9.91. The van der Waals surface area contributed by atoms with E-state index in [4.69, 9.17) is 9.47 Å². The van der Waals surface area contributed by atoms with E-state index in [1.54, 1.807) is 25.1 Å². The Bertz CT molecular complexity index is 1130. The summed E-state index contributed by atoms with van der Waals surface area (Å²) in [5.74, 6) is 0.858. The summed E-state index contributed by atoms with van der Waals surface area (Å²) in [5, 5.41) is 5.81. The fraction of sp³-hybridized carbons (Fsp3) is 0.400. The molecule has 0 aliphatic carbocycles. The summed E-state index contributed by atoms with van der Waals surface area (Å²) in [6, 6.07) is 12.6. The van der Waals surface area contributed by atoms with Gasteiger partial charge in [0.1, 0.15) is 5.54 Å². The summed E-state index contributed by atoms with van der Waals surface area (Å²) in [6.45, 7) is 5.36. The quantitative estimate of drug-likeness (QED) is 0.660. The molecule has 5 rings (SSSR count). The highest BCUT2D eigenvalue weighted by Gasteiger charge is 2.49. The molecule has 0 unspecified atom stereocenters. The van der Waals surface area contributed by atoms with Crippen molar-refractivity contribution in [3.05, 3.63) is 53.6 Å². The number of ether oxygens (including phenoxy) is 2. The average Bonchev–Trinajstić information content (AvgIpc) is 3.38. The normalized spacial score (nSPS) is 22.7. The van der Waals surface area contributed by atoms with Gasteiger partial charge >= 0.3 is 6.03 Å². The third-order valence-electron chi connectivity index (χ3n) is 6.84. The molecule has 9 nitrogen and oxygen atoms in total. The molecule has 2 fully saturated rings. The van der Waals surface area contributed by atoms with Crippen LogP contribution in [-0.4, -0.2) is 54.2 Å². The Kier molecular flexibility index (Phi) is 5.65. The molecule has 2 aromatic rings. The predicted octanol–water partition coefficient (Wildman–Crippen LogP) is 2.80. The van der Waals surface area contributed by atoms with Crippen LogP contribution in [0.5, 0.6) is 11.5 Å². The average molecular weight is 465 g/mol. The van der Waals surface area contributed by atoms with Crippen molar-refractivity contribution in [2.24, 2.45) is 5.92 Å². The number of anilines is 1. The zero-order valence-electron chi connectivity index (χ0n) is 19.3. The maximum atomic E-state index is 13.2. The van der Waals surface area contributed by atoms with Crippen LogP contribution in [-0.2, 0) is 15.1 Å². The number of carbonyl (C=O) groups is 3. The molecule has 3 aliphatic rings. The second kappa shape index (κ2) is 8.64. The van der Waals surface area contributed by atoms with E-state index in [0.29, 0.717) is 43.1 Å². The van der Waals surface area contributed by atoms with E-state index < -0.39 is 11.6 Å². The van der Waals surface area contributed by atoms with Crippen LogP contribution in [0.1, 0.15) is 30.9 Å². The van der Waals surface area contributed by atoms with E-state index in [0.717, 1.165) is 11.1 Å². The lowest BCUT2D eigenvalue weighted by Crippen LogP contribution is -2.47. The molecule has 0 saturated carbocycles. The number of urea groups is 1. The van der Waals surface area contributed by atoms with Crippen LogP contribution in [0.4, 0.5) is 10.5 Å². The number of rotatable bonds is 5. The van der Waals surface area contributed by atoms with Crippen molar-refractivity contribution < 1.29 is 23.9 Å². The van der Waals surface area contributed by atoms with Crippen LogP contribution in [0.2, 0.25) is 0 Å². The van der Waals surface area contributed by atoms with E-state index in [1.807, 2.05) is 36.1 Å². The Morgan fingerprint density at radius 3 is 2.53 bits per heavy atom. The van der Waals surface area contributed by atoms with Gasteiger partial charge in [-0.3, -0.25) is 14.5 Å². The molecule has 0 spiro atoms. The smallest absolute Gasteiger partial charge is 0.326 e. The van der Waals surface area contributed by atoms with Crippen LogP contribution in [0.15, 0.2) is 42.5 Å². The van der Waals surface area contributed by atoms with Gasteiger partial charge in [0.15, 0.2) is 11.5 Å². The topological polar surface area (TPSA) is 100 Å². The van der Waals surface area contributed by atoms with Crippen molar-refractivity contribution in [1.82, 2.24) is 15.1 Å². The first-order chi connectivity index (χ1) is 16.3. The zero-order chi connectivity index (χ0) is 23.9. The number of benzene rings is 2. The van der Waals surface area contributed by atoms with Crippen molar-refractivity contribution in [2.45, 2.75) is 32.2 Å². The van der Waals surface area contributed by atoms with Crippen molar-refractivity contribution in [1.29, 1.82) is 0 Å². The summed E-state index contributed by atoms with van der Waals surface area (Å²) in [4.78, 5) is 41.9. The van der Waals surface area contributed by atoms with Gasteiger partial charge < -0.3 is 20.1 Å². The molecule has 3 aliphatic heterocycles. The number of aryl methyl sites for hydroxylation is 1.